The fourth-order valence-corrected chi connectivity index (χ4v) is 3.09. The molecule has 4 rings (SSSR count). The van der Waals surface area contributed by atoms with Crippen molar-refractivity contribution in [3.63, 3.8) is 0 Å². The molecular weight excluding hydrogens is 370 g/mol. The second-order valence-corrected chi connectivity index (χ2v) is 6.24. The van der Waals surface area contributed by atoms with Gasteiger partial charge in [-0.2, -0.15) is 9.97 Å². The minimum absolute atomic E-state index is 0.0283. The van der Waals surface area contributed by atoms with Gasteiger partial charge in [-0.25, -0.2) is 0 Å². The van der Waals surface area contributed by atoms with E-state index in [0.29, 0.717) is 11.0 Å². The number of nitrogens with two attached hydrogens (primary N) is 2. The molecule has 0 spiro atoms. The highest BCUT2D eigenvalue weighted by Gasteiger charge is 2.16. The van der Waals surface area contributed by atoms with Gasteiger partial charge < -0.3 is 11.5 Å². The number of pyridine rings is 1. The molecule has 0 radical (unpaired) electrons. The third-order valence-corrected chi connectivity index (χ3v) is 4.38. The first-order chi connectivity index (χ1) is 11.6. The van der Waals surface area contributed by atoms with Crippen LogP contribution >= 0.6 is 15.9 Å². The van der Waals surface area contributed by atoms with Crippen LogP contribution in [0.2, 0.25) is 0 Å². The van der Waals surface area contributed by atoms with Crippen LogP contribution in [0.25, 0.3) is 27.6 Å². The monoisotopic (exact) mass is 381 g/mol. The molecule has 24 heavy (non-hydrogen) atoms. The molecule has 118 valence electrons. The van der Waals surface area contributed by atoms with E-state index < -0.39 is 0 Å². The topological polar surface area (TPSA) is 99.8 Å². The summed E-state index contributed by atoms with van der Waals surface area (Å²) >= 11 is 3.43. The number of para-hydroxylation sites is 1. The molecule has 0 saturated carbocycles. The van der Waals surface area contributed by atoms with Crippen LogP contribution in [-0.4, -0.2) is 14.5 Å². The van der Waals surface area contributed by atoms with E-state index in [4.69, 9.17) is 11.5 Å². The van der Waals surface area contributed by atoms with E-state index in [0.717, 1.165) is 15.7 Å². The average Bonchev–Trinajstić information content (AvgIpc) is 2.56. The molecule has 0 bridgehead atoms. The summed E-state index contributed by atoms with van der Waals surface area (Å²) in [6, 6.07) is 15.0. The number of fused-ring (bicyclic) bond motifs is 2. The van der Waals surface area contributed by atoms with Gasteiger partial charge in [0, 0.05) is 15.5 Å². The van der Waals surface area contributed by atoms with E-state index in [9.17, 15) is 4.79 Å². The Morgan fingerprint density at radius 3 is 2.42 bits per heavy atom. The van der Waals surface area contributed by atoms with Gasteiger partial charge in [0.15, 0.2) is 5.65 Å². The molecule has 0 aliphatic carbocycles. The number of benzene rings is 2. The zero-order valence-corrected chi connectivity index (χ0v) is 14.0. The molecule has 2 aromatic heterocycles. The molecule has 0 atom stereocenters. The molecule has 0 unspecified atom stereocenters. The van der Waals surface area contributed by atoms with E-state index >= 15 is 0 Å². The average molecular weight is 382 g/mol. The van der Waals surface area contributed by atoms with Gasteiger partial charge in [-0.3, -0.25) is 9.36 Å². The number of hydrogen-bond donors (Lipinski definition) is 2. The maximum atomic E-state index is 12.8. The van der Waals surface area contributed by atoms with Crippen molar-refractivity contribution < 1.29 is 0 Å². The summed E-state index contributed by atoms with van der Waals surface area (Å²) < 4.78 is 2.82. The number of nitrogen functional groups attached to an aromatic ring is 2. The SMILES string of the molecule is Nc1nc(N)c2c(=O)c3ccccc3n(-c3ccc(Br)cc3)c2n1. The predicted octanol–water partition coefficient (Wildman–Crippen LogP) is 2.86. The van der Waals surface area contributed by atoms with Crippen molar-refractivity contribution in [2.75, 3.05) is 11.5 Å². The van der Waals surface area contributed by atoms with Crippen LogP contribution in [0.5, 0.6) is 0 Å². The maximum Gasteiger partial charge on any atom is 0.224 e. The van der Waals surface area contributed by atoms with Gasteiger partial charge in [-0.05, 0) is 36.4 Å². The molecule has 0 aliphatic rings. The highest BCUT2D eigenvalue weighted by molar-refractivity contribution is 9.10. The van der Waals surface area contributed by atoms with Crippen LogP contribution in [0, 0.1) is 0 Å². The van der Waals surface area contributed by atoms with Crippen molar-refractivity contribution in [2.45, 2.75) is 0 Å². The Morgan fingerprint density at radius 1 is 0.958 bits per heavy atom. The van der Waals surface area contributed by atoms with Crippen molar-refractivity contribution in [3.8, 4) is 5.69 Å². The Morgan fingerprint density at radius 2 is 1.67 bits per heavy atom. The van der Waals surface area contributed by atoms with Gasteiger partial charge in [0.2, 0.25) is 11.4 Å². The van der Waals surface area contributed by atoms with E-state index in [1.54, 1.807) is 6.07 Å². The zero-order chi connectivity index (χ0) is 16.8. The molecule has 0 saturated heterocycles. The number of halogens is 1. The number of aromatic nitrogens is 3. The van der Waals surface area contributed by atoms with Crippen LogP contribution in [0.3, 0.4) is 0 Å². The molecule has 0 amide bonds. The third-order valence-electron chi connectivity index (χ3n) is 3.85. The van der Waals surface area contributed by atoms with E-state index in [1.807, 2.05) is 47.0 Å². The molecule has 7 heteroatoms. The molecule has 4 N–H and O–H groups in total. The smallest absolute Gasteiger partial charge is 0.224 e. The summed E-state index contributed by atoms with van der Waals surface area (Å²) in [5, 5.41) is 0.818. The first kappa shape index (κ1) is 14.6. The summed E-state index contributed by atoms with van der Waals surface area (Å²) in [5.74, 6) is 0.111. The van der Waals surface area contributed by atoms with Gasteiger partial charge in [0.25, 0.3) is 0 Å². The lowest BCUT2D eigenvalue weighted by Gasteiger charge is -2.15. The molecule has 2 heterocycles. The minimum Gasteiger partial charge on any atom is -0.383 e. The van der Waals surface area contributed by atoms with Crippen LogP contribution in [0.15, 0.2) is 57.8 Å². The summed E-state index contributed by atoms with van der Waals surface area (Å²) in [7, 11) is 0. The summed E-state index contributed by atoms with van der Waals surface area (Å²) in [4.78, 5) is 21.1. The maximum absolute atomic E-state index is 12.8. The lowest BCUT2D eigenvalue weighted by Crippen LogP contribution is -2.15. The molecule has 2 aromatic carbocycles. The van der Waals surface area contributed by atoms with Gasteiger partial charge in [-0.1, -0.05) is 28.1 Å². The van der Waals surface area contributed by atoms with Crippen molar-refractivity contribution in [3.05, 3.63) is 63.2 Å². The van der Waals surface area contributed by atoms with Gasteiger partial charge in [0.1, 0.15) is 11.2 Å². The second-order valence-electron chi connectivity index (χ2n) is 5.32. The van der Waals surface area contributed by atoms with Crippen LogP contribution in [-0.2, 0) is 0 Å². The fraction of sp³-hybridized carbons (Fsp3) is 0. The van der Waals surface area contributed by atoms with Crippen molar-refractivity contribution in [1.29, 1.82) is 0 Å². The van der Waals surface area contributed by atoms with E-state index in [2.05, 4.69) is 25.9 Å². The molecule has 0 fully saturated rings. The third kappa shape index (κ3) is 2.13. The largest absolute Gasteiger partial charge is 0.383 e. The lowest BCUT2D eigenvalue weighted by molar-refractivity contribution is 1.10. The zero-order valence-electron chi connectivity index (χ0n) is 12.4. The van der Waals surface area contributed by atoms with E-state index in [1.165, 1.54) is 0 Å². The first-order valence-corrected chi connectivity index (χ1v) is 7.98. The summed E-state index contributed by atoms with van der Waals surface area (Å²) in [6.45, 7) is 0. The Bertz CT molecular complexity index is 1150. The molecule has 0 aliphatic heterocycles. The minimum atomic E-state index is -0.202. The Labute approximate surface area is 144 Å². The van der Waals surface area contributed by atoms with Crippen LogP contribution in [0.4, 0.5) is 11.8 Å². The number of nitrogens with zero attached hydrogens (tertiary/aromatic N) is 3. The second kappa shape index (κ2) is 5.31. The molecular formula is C17H12BrN5O. The molecule has 6 nitrogen and oxygen atoms in total. The Hall–Kier alpha value is -2.93. The Balaban J connectivity index is 2.30. The standard InChI is InChI=1S/C17H12BrN5O/c18-9-5-7-10(8-6-9)23-12-4-2-1-3-11(12)14(24)13-15(19)21-17(20)22-16(13)23/h1-8H,(H4,19,20,21,22). The van der Waals surface area contributed by atoms with Crippen molar-refractivity contribution in [1.82, 2.24) is 14.5 Å². The molecule has 4 aromatic rings. The highest BCUT2D eigenvalue weighted by atomic mass is 79.9. The van der Waals surface area contributed by atoms with Crippen LogP contribution < -0.4 is 16.9 Å². The number of hydrogen-bond acceptors (Lipinski definition) is 5. The van der Waals surface area contributed by atoms with E-state index in [-0.39, 0.29) is 22.6 Å². The quantitative estimate of drug-likeness (QED) is 0.493. The summed E-state index contributed by atoms with van der Waals surface area (Å²) in [6.07, 6.45) is 0. The predicted molar refractivity (Wildman–Crippen MR) is 99.2 cm³/mol. The Kier molecular flexibility index (Phi) is 3.24. The highest BCUT2D eigenvalue weighted by Crippen LogP contribution is 2.26. The van der Waals surface area contributed by atoms with Crippen LogP contribution in [0.1, 0.15) is 0 Å². The number of rotatable bonds is 1. The van der Waals surface area contributed by atoms with Gasteiger partial charge in [-0.15, -0.1) is 0 Å². The van der Waals surface area contributed by atoms with Gasteiger partial charge in [0.05, 0.1) is 5.52 Å². The number of anilines is 2. The normalized spacial score (nSPS) is 11.2. The summed E-state index contributed by atoms with van der Waals surface area (Å²) in [5.41, 5.74) is 13.5. The van der Waals surface area contributed by atoms with Crippen molar-refractivity contribution >= 4 is 49.6 Å². The first-order valence-electron chi connectivity index (χ1n) is 7.18. The fourth-order valence-electron chi connectivity index (χ4n) is 2.82. The van der Waals surface area contributed by atoms with Crippen molar-refractivity contribution in [2.24, 2.45) is 0 Å². The van der Waals surface area contributed by atoms with Gasteiger partial charge >= 0.3 is 0 Å². The lowest BCUT2D eigenvalue weighted by atomic mass is 10.1.